The molecule has 0 spiro atoms. The third-order valence-electron chi connectivity index (χ3n) is 4.67. The van der Waals surface area contributed by atoms with E-state index in [0.29, 0.717) is 18.5 Å². The number of rotatable bonds is 4. The van der Waals surface area contributed by atoms with Gasteiger partial charge in [-0.05, 0) is 45.6 Å². The van der Waals surface area contributed by atoms with Crippen LogP contribution in [0.2, 0.25) is 0 Å². The molecular formula is C13H26N2O2S. The van der Waals surface area contributed by atoms with Gasteiger partial charge in [-0.3, -0.25) is 0 Å². The van der Waals surface area contributed by atoms with Crippen LogP contribution in [0.15, 0.2) is 0 Å². The van der Waals surface area contributed by atoms with Crippen molar-refractivity contribution in [2.24, 2.45) is 5.92 Å². The normalized spacial score (nSPS) is 29.6. The first-order valence-electron chi connectivity index (χ1n) is 7.22. The van der Waals surface area contributed by atoms with Crippen LogP contribution in [0.5, 0.6) is 0 Å². The molecule has 106 valence electrons. The van der Waals surface area contributed by atoms with Gasteiger partial charge in [-0.2, -0.15) is 0 Å². The van der Waals surface area contributed by atoms with Gasteiger partial charge < -0.3 is 5.32 Å². The zero-order chi connectivity index (χ0) is 13.2. The third kappa shape index (κ3) is 2.89. The fourth-order valence-electron chi connectivity index (χ4n) is 3.25. The van der Waals surface area contributed by atoms with Crippen molar-refractivity contribution in [3.8, 4) is 0 Å². The van der Waals surface area contributed by atoms with Gasteiger partial charge in [0.05, 0.1) is 5.25 Å². The van der Waals surface area contributed by atoms with Crippen molar-refractivity contribution >= 4 is 10.0 Å². The molecule has 5 heteroatoms. The second-order valence-corrected chi connectivity index (χ2v) is 8.00. The summed E-state index contributed by atoms with van der Waals surface area (Å²) in [6.07, 6.45) is 6.03. The molecule has 0 bridgehead atoms. The summed E-state index contributed by atoms with van der Waals surface area (Å²) in [6, 6.07) is 0.395. The van der Waals surface area contributed by atoms with E-state index in [1.807, 2.05) is 7.05 Å². The van der Waals surface area contributed by atoms with Crippen LogP contribution in [-0.4, -0.2) is 44.2 Å². The summed E-state index contributed by atoms with van der Waals surface area (Å²) >= 11 is 0. The smallest absolute Gasteiger partial charge is 0.216 e. The van der Waals surface area contributed by atoms with Gasteiger partial charge in [0.1, 0.15) is 0 Å². The SMILES string of the molecule is CNC(C)C1CCCN(S(=O)(=O)C2CCCC2)C1. The number of piperidine rings is 1. The average molecular weight is 274 g/mol. The van der Waals surface area contributed by atoms with Crippen LogP contribution < -0.4 is 5.32 Å². The van der Waals surface area contributed by atoms with E-state index in [1.54, 1.807) is 4.31 Å². The van der Waals surface area contributed by atoms with Crippen LogP contribution in [0.1, 0.15) is 45.4 Å². The molecule has 0 radical (unpaired) electrons. The highest BCUT2D eigenvalue weighted by molar-refractivity contribution is 7.89. The van der Waals surface area contributed by atoms with Gasteiger partial charge in [0.25, 0.3) is 0 Å². The molecular weight excluding hydrogens is 248 g/mol. The Morgan fingerprint density at radius 1 is 1.17 bits per heavy atom. The van der Waals surface area contributed by atoms with E-state index >= 15 is 0 Å². The van der Waals surface area contributed by atoms with Crippen molar-refractivity contribution < 1.29 is 8.42 Å². The fourth-order valence-corrected chi connectivity index (χ4v) is 5.38. The molecule has 18 heavy (non-hydrogen) atoms. The molecule has 1 aliphatic carbocycles. The van der Waals surface area contributed by atoms with Crippen LogP contribution in [0.4, 0.5) is 0 Å². The first-order chi connectivity index (χ1) is 8.55. The van der Waals surface area contributed by atoms with Gasteiger partial charge >= 0.3 is 0 Å². The highest BCUT2D eigenvalue weighted by atomic mass is 32.2. The predicted molar refractivity (Wildman–Crippen MR) is 74.0 cm³/mol. The van der Waals surface area contributed by atoms with Gasteiger partial charge in [-0.25, -0.2) is 12.7 Å². The highest BCUT2D eigenvalue weighted by Crippen LogP contribution is 2.30. The van der Waals surface area contributed by atoms with Crippen molar-refractivity contribution in [2.75, 3.05) is 20.1 Å². The van der Waals surface area contributed by atoms with Crippen molar-refractivity contribution in [1.82, 2.24) is 9.62 Å². The van der Waals surface area contributed by atoms with Gasteiger partial charge in [-0.15, -0.1) is 0 Å². The van der Waals surface area contributed by atoms with Crippen LogP contribution in [-0.2, 0) is 10.0 Å². The quantitative estimate of drug-likeness (QED) is 0.847. The molecule has 2 unspecified atom stereocenters. The van der Waals surface area contributed by atoms with E-state index in [9.17, 15) is 8.42 Å². The highest BCUT2D eigenvalue weighted by Gasteiger charge is 2.37. The summed E-state index contributed by atoms with van der Waals surface area (Å²) in [7, 11) is -1.08. The lowest BCUT2D eigenvalue weighted by atomic mass is 9.93. The standard InChI is InChI=1S/C13H26N2O2S/c1-11(14-2)12-6-5-9-15(10-12)18(16,17)13-7-3-4-8-13/h11-14H,3-10H2,1-2H3. The minimum Gasteiger partial charge on any atom is -0.317 e. The molecule has 0 aromatic heterocycles. The van der Waals surface area contributed by atoms with E-state index in [1.165, 1.54) is 0 Å². The Bertz CT molecular complexity index is 363. The van der Waals surface area contributed by atoms with Gasteiger partial charge in [-0.1, -0.05) is 12.8 Å². The van der Waals surface area contributed by atoms with Gasteiger partial charge in [0.2, 0.25) is 10.0 Å². The summed E-state index contributed by atoms with van der Waals surface area (Å²) in [5.41, 5.74) is 0. The zero-order valence-electron chi connectivity index (χ0n) is 11.6. The van der Waals surface area contributed by atoms with Crippen LogP contribution in [0.3, 0.4) is 0 Å². The Kier molecular flexibility index (Phi) is 4.67. The number of hydrogen-bond donors (Lipinski definition) is 1. The lowest BCUT2D eigenvalue weighted by Gasteiger charge is -2.36. The van der Waals surface area contributed by atoms with Crippen molar-refractivity contribution in [2.45, 2.75) is 56.7 Å². The molecule has 2 fully saturated rings. The minimum atomic E-state index is -3.03. The molecule has 1 saturated heterocycles. The second kappa shape index (κ2) is 5.88. The van der Waals surface area contributed by atoms with Crippen LogP contribution in [0.25, 0.3) is 0 Å². The molecule has 0 amide bonds. The minimum absolute atomic E-state index is 0.0962. The number of sulfonamides is 1. The van der Waals surface area contributed by atoms with Crippen LogP contribution >= 0.6 is 0 Å². The third-order valence-corrected chi connectivity index (χ3v) is 7.03. The number of nitrogens with zero attached hydrogens (tertiary/aromatic N) is 1. The Morgan fingerprint density at radius 2 is 1.83 bits per heavy atom. The summed E-state index contributed by atoms with van der Waals surface area (Å²) in [4.78, 5) is 0. The molecule has 2 atom stereocenters. The molecule has 4 nitrogen and oxygen atoms in total. The number of hydrogen-bond acceptors (Lipinski definition) is 3. The Hall–Kier alpha value is -0.130. The molecule has 2 aliphatic rings. The fraction of sp³-hybridized carbons (Fsp3) is 1.00. The summed E-state index contributed by atoms with van der Waals surface area (Å²) in [6.45, 7) is 3.59. The second-order valence-electron chi connectivity index (χ2n) is 5.79. The maximum Gasteiger partial charge on any atom is 0.216 e. The van der Waals surface area contributed by atoms with Gasteiger partial charge in [0, 0.05) is 19.1 Å². The zero-order valence-corrected chi connectivity index (χ0v) is 12.4. The summed E-state index contributed by atoms with van der Waals surface area (Å²) in [5.74, 6) is 0.458. The number of nitrogens with one attached hydrogen (secondary N) is 1. The largest absolute Gasteiger partial charge is 0.317 e. The Balaban J connectivity index is 2.03. The first-order valence-corrected chi connectivity index (χ1v) is 8.72. The lowest BCUT2D eigenvalue weighted by Crippen LogP contribution is -2.48. The molecule has 0 aromatic rings. The molecule has 0 aromatic carbocycles. The maximum absolute atomic E-state index is 12.5. The Labute approximate surface area is 111 Å². The predicted octanol–water partition coefficient (Wildman–Crippen LogP) is 1.58. The topological polar surface area (TPSA) is 49.4 Å². The summed E-state index contributed by atoms with van der Waals surface area (Å²) in [5, 5.41) is 3.16. The molecule has 1 aliphatic heterocycles. The molecule has 1 saturated carbocycles. The average Bonchev–Trinajstić information content (AvgIpc) is 2.92. The summed E-state index contributed by atoms with van der Waals surface area (Å²) < 4.78 is 26.9. The molecule has 2 rings (SSSR count). The molecule has 1 N–H and O–H groups in total. The van der Waals surface area contributed by atoms with Gasteiger partial charge in [0.15, 0.2) is 0 Å². The van der Waals surface area contributed by atoms with E-state index < -0.39 is 10.0 Å². The monoisotopic (exact) mass is 274 g/mol. The van der Waals surface area contributed by atoms with E-state index in [0.717, 1.165) is 45.1 Å². The van der Waals surface area contributed by atoms with Crippen molar-refractivity contribution in [1.29, 1.82) is 0 Å². The van der Waals surface area contributed by atoms with Crippen LogP contribution in [0, 0.1) is 5.92 Å². The maximum atomic E-state index is 12.5. The Morgan fingerprint density at radius 3 is 2.44 bits per heavy atom. The molecule has 1 heterocycles. The lowest BCUT2D eigenvalue weighted by molar-refractivity contribution is 0.227. The van der Waals surface area contributed by atoms with E-state index in [2.05, 4.69) is 12.2 Å². The van der Waals surface area contributed by atoms with E-state index in [4.69, 9.17) is 0 Å². The first kappa shape index (κ1) is 14.3. The van der Waals surface area contributed by atoms with E-state index in [-0.39, 0.29) is 5.25 Å². The van der Waals surface area contributed by atoms with Crippen molar-refractivity contribution in [3.05, 3.63) is 0 Å². The van der Waals surface area contributed by atoms with Crippen molar-refractivity contribution in [3.63, 3.8) is 0 Å².